The van der Waals surface area contributed by atoms with Gasteiger partial charge in [-0.15, -0.1) is 0 Å². The summed E-state index contributed by atoms with van der Waals surface area (Å²) in [6, 6.07) is 0. The van der Waals surface area contributed by atoms with Crippen LogP contribution in [0.15, 0.2) is 48.6 Å². The first-order valence-electron chi connectivity index (χ1n) is 35.1. The first kappa shape index (κ1) is 76.4. The second kappa shape index (κ2) is 67.9. The molecule has 0 aromatic rings. The molecular weight excluding hydrogens is 973 g/mol. The maximum atomic E-state index is 12.9. The van der Waals surface area contributed by atoms with Crippen molar-refractivity contribution in [3.8, 4) is 0 Å². The van der Waals surface area contributed by atoms with Gasteiger partial charge in [0.1, 0.15) is 13.2 Å². The predicted octanol–water partition coefficient (Wildman–Crippen LogP) is 24.1. The lowest BCUT2D eigenvalue weighted by Crippen LogP contribution is -2.30. The van der Waals surface area contributed by atoms with Gasteiger partial charge in [-0.05, 0) is 83.5 Å². The molecule has 0 fully saturated rings. The van der Waals surface area contributed by atoms with Gasteiger partial charge in [0.15, 0.2) is 6.10 Å². The van der Waals surface area contributed by atoms with E-state index in [0.29, 0.717) is 19.3 Å². The Morgan fingerprint density at radius 2 is 0.456 bits per heavy atom. The molecule has 0 heterocycles. The third kappa shape index (κ3) is 66.1. The van der Waals surface area contributed by atoms with Gasteiger partial charge in [-0.2, -0.15) is 0 Å². The smallest absolute Gasteiger partial charge is 0.306 e. The van der Waals surface area contributed by atoms with Crippen molar-refractivity contribution in [3.05, 3.63) is 48.6 Å². The van der Waals surface area contributed by atoms with E-state index >= 15 is 0 Å². The van der Waals surface area contributed by atoms with Crippen LogP contribution in [-0.2, 0) is 28.6 Å². The van der Waals surface area contributed by atoms with Gasteiger partial charge in [0.05, 0.1) is 0 Å². The molecule has 79 heavy (non-hydrogen) atoms. The molecule has 0 radical (unpaired) electrons. The monoisotopic (exact) mass is 1110 g/mol. The van der Waals surface area contributed by atoms with Crippen molar-refractivity contribution in [2.24, 2.45) is 0 Å². The van der Waals surface area contributed by atoms with Crippen molar-refractivity contribution in [1.29, 1.82) is 0 Å². The molecule has 6 heteroatoms. The Morgan fingerprint density at radius 3 is 0.747 bits per heavy atom. The van der Waals surface area contributed by atoms with Crippen LogP contribution in [0.2, 0.25) is 0 Å². The lowest BCUT2D eigenvalue weighted by Gasteiger charge is -2.18. The van der Waals surface area contributed by atoms with E-state index in [-0.39, 0.29) is 31.1 Å². The van der Waals surface area contributed by atoms with Gasteiger partial charge in [0, 0.05) is 19.3 Å². The molecular formula is C73H134O6. The van der Waals surface area contributed by atoms with Crippen molar-refractivity contribution < 1.29 is 28.6 Å². The number of hydrogen-bond donors (Lipinski definition) is 0. The van der Waals surface area contributed by atoms with Crippen LogP contribution in [0.1, 0.15) is 380 Å². The van der Waals surface area contributed by atoms with Gasteiger partial charge in [-0.25, -0.2) is 0 Å². The fourth-order valence-electron chi connectivity index (χ4n) is 10.5. The SMILES string of the molecule is CCCCC/C=C\CCCCCCCC(=O)OCC(COC(=O)CCCCCCCCCCCCCCCCCC/C=C\C/C=C\C/C=C\CCCCCCC)OC(=O)CCCCCCCCCCCCCCCCCCCC. The van der Waals surface area contributed by atoms with Gasteiger partial charge in [0.2, 0.25) is 0 Å². The number of hydrogen-bond acceptors (Lipinski definition) is 6. The fourth-order valence-corrected chi connectivity index (χ4v) is 10.5. The van der Waals surface area contributed by atoms with Gasteiger partial charge in [-0.1, -0.05) is 326 Å². The topological polar surface area (TPSA) is 78.9 Å². The molecule has 6 nitrogen and oxygen atoms in total. The number of unbranched alkanes of at least 4 members (excludes halogenated alkanes) is 46. The van der Waals surface area contributed by atoms with E-state index in [1.807, 2.05) is 0 Å². The molecule has 0 spiro atoms. The predicted molar refractivity (Wildman–Crippen MR) is 344 cm³/mol. The van der Waals surface area contributed by atoms with Crippen molar-refractivity contribution in [3.63, 3.8) is 0 Å². The highest BCUT2D eigenvalue weighted by Crippen LogP contribution is 2.18. The van der Waals surface area contributed by atoms with E-state index in [0.717, 1.165) is 77.0 Å². The van der Waals surface area contributed by atoms with E-state index in [4.69, 9.17) is 14.2 Å². The molecule has 0 aliphatic carbocycles. The lowest BCUT2D eigenvalue weighted by molar-refractivity contribution is -0.167. The highest BCUT2D eigenvalue weighted by molar-refractivity contribution is 5.71. The lowest BCUT2D eigenvalue weighted by atomic mass is 10.0. The van der Waals surface area contributed by atoms with E-state index in [1.54, 1.807) is 0 Å². The van der Waals surface area contributed by atoms with Gasteiger partial charge in [0.25, 0.3) is 0 Å². The average Bonchev–Trinajstić information content (AvgIpc) is 3.45. The highest BCUT2D eigenvalue weighted by Gasteiger charge is 2.19. The Kier molecular flexibility index (Phi) is 65.6. The Bertz CT molecular complexity index is 1360. The van der Waals surface area contributed by atoms with Crippen LogP contribution in [0.3, 0.4) is 0 Å². The highest BCUT2D eigenvalue weighted by atomic mass is 16.6. The van der Waals surface area contributed by atoms with Crippen LogP contribution in [0, 0.1) is 0 Å². The summed E-state index contributed by atoms with van der Waals surface area (Å²) in [7, 11) is 0. The zero-order chi connectivity index (χ0) is 57.1. The summed E-state index contributed by atoms with van der Waals surface area (Å²) >= 11 is 0. The molecule has 0 aromatic carbocycles. The van der Waals surface area contributed by atoms with Gasteiger partial charge < -0.3 is 14.2 Å². The van der Waals surface area contributed by atoms with Crippen molar-refractivity contribution >= 4 is 17.9 Å². The van der Waals surface area contributed by atoms with E-state index in [2.05, 4.69) is 69.4 Å². The molecule has 1 unspecified atom stereocenters. The van der Waals surface area contributed by atoms with Crippen LogP contribution < -0.4 is 0 Å². The minimum Gasteiger partial charge on any atom is -0.462 e. The molecule has 462 valence electrons. The molecule has 0 saturated heterocycles. The van der Waals surface area contributed by atoms with E-state index in [1.165, 1.54) is 263 Å². The van der Waals surface area contributed by atoms with Crippen LogP contribution in [0.4, 0.5) is 0 Å². The summed E-state index contributed by atoms with van der Waals surface area (Å²) in [6.45, 7) is 6.66. The Balaban J connectivity index is 4.15. The third-order valence-corrected chi connectivity index (χ3v) is 15.8. The summed E-state index contributed by atoms with van der Waals surface area (Å²) in [4.78, 5) is 38.3. The van der Waals surface area contributed by atoms with E-state index < -0.39 is 6.10 Å². The standard InChI is InChI=1S/C73H134O6/c1-4-7-10-13-16-19-22-25-27-29-31-32-33-34-35-36-37-38-39-40-41-42-43-45-46-48-51-54-57-60-63-66-72(75)78-69-70(68-77-71(74)65-62-59-56-53-50-24-21-18-15-12-9-6-3)79-73(76)67-64-61-58-55-52-49-47-44-30-28-26-23-20-17-14-11-8-5-2/h18,21-22,25,29,31,33-34,70H,4-17,19-20,23-24,26-28,30,32,35-69H2,1-3H3/b21-18-,25-22-,31-29-,34-33-. The molecule has 0 amide bonds. The first-order valence-corrected chi connectivity index (χ1v) is 35.1. The van der Waals surface area contributed by atoms with Crippen LogP contribution in [0.25, 0.3) is 0 Å². The van der Waals surface area contributed by atoms with E-state index in [9.17, 15) is 14.4 Å². The van der Waals surface area contributed by atoms with Crippen molar-refractivity contribution in [2.75, 3.05) is 13.2 Å². The average molecular weight is 1110 g/mol. The second-order valence-corrected chi connectivity index (χ2v) is 23.8. The summed E-state index contributed by atoms with van der Waals surface area (Å²) in [5.41, 5.74) is 0. The van der Waals surface area contributed by atoms with Crippen LogP contribution >= 0.6 is 0 Å². The molecule has 1 atom stereocenters. The molecule has 0 bridgehead atoms. The number of carbonyl (C=O) groups is 3. The van der Waals surface area contributed by atoms with Crippen molar-refractivity contribution in [1.82, 2.24) is 0 Å². The fraction of sp³-hybridized carbons (Fsp3) is 0.849. The summed E-state index contributed by atoms with van der Waals surface area (Å²) in [5.74, 6) is -0.855. The minimum absolute atomic E-state index is 0.0706. The summed E-state index contributed by atoms with van der Waals surface area (Å²) in [6.07, 6.45) is 85.7. The molecule has 0 rings (SSSR count). The molecule has 0 N–H and O–H groups in total. The Morgan fingerprint density at radius 1 is 0.253 bits per heavy atom. The molecule has 0 aromatic heterocycles. The first-order chi connectivity index (χ1) is 39.0. The minimum atomic E-state index is -0.774. The second-order valence-electron chi connectivity index (χ2n) is 23.8. The van der Waals surface area contributed by atoms with Crippen molar-refractivity contribution in [2.45, 2.75) is 386 Å². The number of esters is 3. The number of carbonyl (C=O) groups excluding carboxylic acids is 3. The summed E-state index contributed by atoms with van der Waals surface area (Å²) in [5, 5.41) is 0. The zero-order valence-corrected chi connectivity index (χ0v) is 53.2. The Hall–Kier alpha value is -2.63. The quantitative estimate of drug-likeness (QED) is 0.0261. The van der Waals surface area contributed by atoms with Gasteiger partial charge >= 0.3 is 17.9 Å². The number of ether oxygens (including phenoxy) is 3. The number of allylic oxidation sites excluding steroid dienone is 8. The normalized spacial score (nSPS) is 12.3. The molecule has 0 aliphatic heterocycles. The molecule has 0 saturated carbocycles. The third-order valence-electron chi connectivity index (χ3n) is 15.8. The summed E-state index contributed by atoms with van der Waals surface area (Å²) < 4.78 is 17.0. The van der Waals surface area contributed by atoms with Crippen LogP contribution in [-0.4, -0.2) is 37.2 Å². The maximum absolute atomic E-state index is 12.9. The number of rotatable bonds is 65. The van der Waals surface area contributed by atoms with Crippen LogP contribution in [0.5, 0.6) is 0 Å². The maximum Gasteiger partial charge on any atom is 0.306 e. The Labute approximate surface area is 492 Å². The zero-order valence-electron chi connectivity index (χ0n) is 53.2. The largest absolute Gasteiger partial charge is 0.462 e. The molecule has 0 aliphatic rings. The van der Waals surface area contributed by atoms with Gasteiger partial charge in [-0.3, -0.25) is 14.4 Å².